The first-order chi connectivity index (χ1) is 13.4. The lowest BCUT2D eigenvalue weighted by molar-refractivity contribution is -0.138. The van der Waals surface area contributed by atoms with Gasteiger partial charge in [-0.05, 0) is 34.2 Å². The predicted octanol–water partition coefficient (Wildman–Crippen LogP) is 3.85. The highest BCUT2D eigenvalue weighted by atomic mass is 16.7. The van der Waals surface area contributed by atoms with Gasteiger partial charge in [0.1, 0.15) is 0 Å². The molecule has 1 aliphatic carbocycles. The Bertz CT molecular complexity index is 965. The lowest BCUT2D eigenvalue weighted by Gasteiger charge is -2.08. The number of aliphatic imine (C=N–C) groups is 1. The second kappa shape index (κ2) is 8.34. The fourth-order valence-corrected chi connectivity index (χ4v) is 3.17. The molecular formula is C20H17NO7. The third kappa shape index (κ3) is 4.53. The van der Waals surface area contributed by atoms with Crippen LogP contribution in [0.3, 0.4) is 0 Å². The first-order valence-corrected chi connectivity index (χ1v) is 8.51. The summed E-state index contributed by atoms with van der Waals surface area (Å²) >= 11 is 0. The molecule has 0 aromatic heterocycles. The Morgan fingerprint density at radius 1 is 0.893 bits per heavy atom. The predicted molar refractivity (Wildman–Crippen MR) is 98.3 cm³/mol. The van der Waals surface area contributed by atoms with Crippen LogP contribution in [0.15, 0.2) is 47.5 Å². The number of hydrogen-bond acceptors (Lipinski definition) is 6. The number of carbonyl (C=O) groups excluding carboxylic acids is 1. The summed E-state index contributed by atoms with van der Waals surface area (Å²) in [5.41, 5.74) is 5.55. The average Bonchev–Trinajstić information content (AvgIpc) is 3.02. The molecule has 0 amide bonds. The molecule has 28 heavy (non-hydrogen) atoms. The summed E-state index contributed by atoms with van der Waals surface area (Å²) in [6.07, 6.45) is -3.07. The molecule has 0 unspecified atom stereocenters. The first kappa shape index (κ1) is 19.1. The number of hydrogen-bond donors (Lipinski definition) is 2. The molecule has 144 valence electrons. The van der Waals surface area contributed by atoms with Gasteiger partial charge >= 0.3 is 18.3 Å². The zero-order valence-electron chi connectivity index (χ0n) is 14.8. The Hall–Kier alpha value is -3.68. The molecule has 1 aliphatic rings. The maximum atomic E-state index is 11.3. The zero-order chi connectivity index (χ0) is 20.1. The number of ether oxygens (including phenoxy) is 2. The average molecular weight is 383 g/mol. The molecule has 8 nitrogen and oxygen atoms in total. The van der Waals surface area contributed by atoms with Crippen molar-refractivity contribution in [3.05, 3.63) is 59.2 Å². The number of benzene rings is 2. The topological polar surface area (TPSA) is 122 Å². The van der Waals surface area contributed by atoms with Crippen molar-refractivity contribution in [2.45, 2.75) is 25.8 Å². The van der Waals surface area contributed by atoms with Gasteiger partial charge in [0.15, 0.2) is 5.90 Å². The van der Waals surface area contributed by atoms with Crippen LogP contribution in [0.25, 0.3) is 11.1 Å². The molecule has 0 spiro atoms. The molecule has 0 aliphatic heterocycles. The van der Waals surface area contributed by atoms with Gasteiger partial charge in [0.2, 0.25) is 0 Å². The van der Waals surface area contributed by atoms with Crippen LogP contribution in [0.2, 0.25) is 0 Å². The standard InChI is InChI=1S/C20H17NO7/c22-18(28-20(25)26)9-8-17(27-19(23)24)21-11-13-5-3-7-15-14-6-2-1-4-12(14)10-16(13)15/h1-7H,8-11H2,(H,23,24)(H,25,26). The normalized spacial score (nSPS) is 12.1. The molecule has 2 aromatic rings. The number of carbonyl (C=O) groups is 3. The second-order valence-electron chi connectivity index (χ2n) is 6.10. The van der Waals surface area contributed by atoms with E-state index in [1.807, 2.05) is 30.3 Å². The molecule has 2 aromatic carbocycles. The molecule has 0 saturated carbocycles. The zero-order valence-corrected chi connectivity index (χ0v) is 14.8. The van der Waals surface area contributed by atoms with Crippen LogP contribution in [0.5, 0.6) is 0 Å². The highest BCUT2D eigenvalue weighted by molar-refractivity contribution is 5.89. The summed E-state index contributed by atoms with van der Waals surface area (Å²) in [6, 6.07) is 13.9. The summed E-state index contributed by atoms with van der Waals surface area (Å²) in [5, 5.41) is 17.3. The molecule has 0 fully saturated rings. The Balaban J connectivity index is 1.75. The fraction of sp³-hybridized carbons (Fsp3) is 0.200. The van der Waals surface area contributed by atoms with Crippen molar-refractivity contribution in [2.24, 2.45) is 4.99 Å². The molecule has 0 heterocycles. The van der Waals surface area contributed by atoms with Crippen molar-refractivity contribution in [2.75, 3.05) is 0 Å². The molecule has 0 radical (unpaired) electrons. The third-order valence-electron chi connectivity index (χ3n) is 4.32. The van der Waals surface area contributed by atoms with Crippen LogP contribution in [-0.2, 0) is 27.2 Å². The van der Waals surface area contributed by atoms with Crippen LogP contribution >= 0.6 is 0 Å². The molecule has 0 saturated heterocycles. The van der Waals surface area contributed by atoms with Gasteiger partial charge in [-0.3, -0.25) is 9.79 Å². The van der Waals surface area contributed by atoms with E-state index in [2.05, 4.69) is 26.6 Å². The van der Waals surface area contributed by atoms with E-state index in [9.17, 15) is 14.4 Å². The van der Waals surface area contributed by atoms with Gasteiger partial charge in [0.05, 0.1) is 13.0 Å². The van der Waals surface area contributed by atoms with Gasteiger partial charge < -0.3 is 19.7 Å². The number of fused-ring (bicyclic) bond motifs is 3. The Morgan fingerprint density at radius 2 is 1.61 bits per heavy atom. The Morgan fingerprint density at radius 3 is 2.36 bits per heavy atom. The lowest BCUT2D eigenvalue weighted by atomic mass is 10.0. The van der Waals surface area contributed by atoms with Gasteiger partial charge in [-0.25, -0.2) is 9.59 Å². The van der Waals surface area contributed by atoms with Crippen LogP contribution in [0, 0.1) is 0 Å². The minimum Gasteiger partial charge on any atom is -0.449 e. The van der Waals surface area contributed by atoms with Crippen molar-refractivity contribution >= 4 is 24.2 Å². The SMILES string of the molecule is O=C(O)OC(=O)CCC(=NCc1cccc2c1Cc1ccccc1-2)OC(=O)O. The maximum Gasteiger partial charge on any atom is 0.513 e. The smallest absolute Gasteiger partial charge is 0.449 e. The second-order valence-corrected chi connectivity index (χ2v) is 6.10. The molecule has 0 bridgehead atoms. The quantitative estimate of drug-likeness (QED) is 0.297. The first-order valence-electron chi connectivity index (χ1n) is 8.51. The van der Waals surface area contributed by atoms with Gasteiger partial charge in [-0.15, -0.1) is 0 Å². The van der Waals surface area contributed by atoms with Crippen molar-refractivity contribution in [3.63, 3.8) is 0 Å². The van der Waals surface area contributed by atoms with E-state index in [-0.39, 0.29) is 25.3 Å². The number of carboxylic acid groups (broad SMARTS) is 2. The van der Waals surface area contributed by atoms with Crippen molar-refractivity contribution in [1.82, 2.24) is 0 Å². The van der Waals surface area contributed by atoms with Crippen molar-refractivity contribution in [1.29, 1.82) is 0 Å². The highest BCUT2D eigenvalue weighted by Gasteiger charge is 2.20. The van der Waals surface area contributed by atoms with Gasteiger partial charge in [-0.1, -0.05) is 42.5 Å². The Labute approximate surface area is 160 Å². The van der Waals surface area contributed by atoms with Crippen molar-refractivity contribution in [3.8, 4) is 11.1 Å². The third-order valence-corrected chi connectivity index (χ3v) is 4.32. The summed E-state index contributed by atoms with van der Waals surface area (Å²) in [7, 11) is 0. The molecular weight excluding hydrogens is 366 g/mol. The summed E-state index contributed by atoms with van der Waals surface area (Å²) in [4.78, 5) is 36.7. The monoisotopic (exact) mass is 383 g/mol. The fourth-order valence-electron chi connectivity index (χ4n) is 3.17. The van der Waals surface area contributed by atoms with E-state index < -0.39 is 18.3 Å². The van der Waals surface area contributed by atoms with E-state index in [0.29, 0.717) is 0 Å². The molecule has 8 heteroatoms. The van der Waals surface area contributed by atoms with E-state index in [0.717, 1.165) is 23.1 Å². The van der Waals surface area contributed by atoms with E-state index >= 15 is 0 Å². The largest absolute Gasteiger partial charge is 0.513 e. The highest BCUT2D eigenvalue weighted by Crippen LogP contribution is 2.38. The molecule has 2 N–H and O–H groups in total. The van der Waals surface area contributed by atoms with Crippen LogP contribution < -0.4 is 0 Å². The number of rotatable bonds is 5. The van der Waals surface area contributed by atoms with E-state index in [1.165, 1.54) is 11.1 Å². The number of nitrogens with zero attached hydrogens (tertiary/aromatic N) is 1. The van der Waals surface area contributed by atoms with E-state index in [1.54, 1.807) is 0 Å². The molecule has 3 rings (SSSR count). The maximum absolute atomic E-state index is 11.3. The number of esters is 1. The van der Waals surface area contributed by atoms with Gasteiger partial charge in [0, 0.05) is 6.42 Å². The molecule has 0 atom stereocenters. The van der Waals surface area contributed by atoms with Crippen molar-refractivity contribution < 1.29 is 34.1 Å². The van der Waals surface area contributed by atoms with Gasteiger partial charge in [0.25, 0.3) is 0 Å². The summed E-state index contributed by atoms with van der Waals surface area (Å²) in [6.45, 7) is 0.174. The Kier molecular flexibility index (Phi) is 5.69. The van der Waals surface area contributed by atoms with E-state index in [4.69, 9.17) is 10.2 Å². The van der Waals surface area contributed by atoms with Crippen LogP contribution in [0.1, 0.15) is 29.5 Å². The lowest BCUT2D eigenvalue weighted by Crippen LogP contribution is -2.15. The summed E-state index contributed by atoms with van der Waals surface area (Å²) in [5.74, 6) is -1.19. The van der Waals surface area contributed by atoms with Crippen LogP contribution in [0.4, 0.5) is 9.59 Å². The summed E-state index contributed by atoms with van der Waals surface area (Å²) < 4.78 is 8.60. The van der Waals surface area contributed by atoms with Crippen LogP contribution in [-0.4, -0.2) is 34.4 Å². The minimum absolute atomic E-state index is 0.174. The van der Waals surface area contributed by atoms with Gasteiger partial charge in [-0.2, -0.15) is 0 Å². The minimum atomic E-state index is -1.72.